The number of carbonyl (C=O) groups is 1. The first-order valence-electron chi connectivity index (χ1n) is 10.7. The summed E-state index contributed by atoms with van der Waals surface area (Å²) in [6, 6.07) is 15.9. The molecule has 0 radical (unpaired) electrons. The van der Waals surface area contributed by atoms with Crippen LogP contribution in [-0.2, 0) is 17.7 Å². The van der Waals surface area contributed by atoms with E-state index in [0.29, 0.717) is 26.2 Å². The Bertz CT molecular complexity index is 831. The molecule has 0 aromatic heterocycles. The number of likely N-dealkylation sites (N-methyl/N-ethyl adjacent to an activating group) is 1. The van der Waals surface area contributed by atoms with Gasteiger partial charge in [0.25, 0.3) is 0 Å². The molecule has 0 spiro atoms. The van der Waals surface area contributed by atoms with E-state index in [-0.39, 0.29) is 12.1 Å². The molecule has 0 saturated carbocycles. The predicted octanol–water partition coefficient (Wildman–Crippen LogP) is 2.79. The zero-order valence-electron chi connectivity index (χ0n) is 18.7. The van der Waals surface area contributed by atoms with Crippen molar-refractivity contribution in [3.63, 3.8) is 0 Å². The van der Waals surface area contributed by atoms with Crippen LogP contribution < -0.4 is 14.8 Å². The van der Waals surface area contributed by atoms with Gasteiger partial charge in [-0.05, 0) is 36.7 Å². The molecule has 1 atom stereocenters. The molecule has 1 fully saturated rings. The van der Waals surface area contributed by atoms with Crippen molar-refractivity contribution in [2.45, 2.75) is 19.1 Å². The molecule has 1 aliphatic heterocycles. The molecule has 7 heteroatoms. The number of urea groups is 1. The molecule has 1 aliphatic rings. The average molecular weight is 428 g/mol. The third kappa shape index (κ3) is 6.87. The molecule has 1 N–H and O–H groups in total. The fourth-order valence-corrected chi connectivity index (χ4v) is 3.69. The quantitative estimate of drug-likeness (QED) is 0.667. The number of amides is 2. The molecular weight excluding hydrogens is 394 g/mol. The molecule has 2 aromatic rings. The maximum atomic E-state index is 12.5. The predicted molar refractivity (Wildman–Crippen MR) is 121 cm³/mol. The molecule has 1 unspecified atom stereocenters. The van der Waals surface area contributed by atoms with Crippen LogP contribution in [0.3, 0.4) is 0 Å². The van der Waals surface area contributed by atoms with Crippen LogP contribution >= 0.6 is 0 Å². The monoisotopic (exact) mass is 427 g/mol. The summed E-state index contributed by atoms with van der Waals surface area (Å²) in [5, 5.41) is 3.01. The third-order valence-corrected chi connectivity index (χ3v) is 5.46. The van der Waals surface area contributed by atoms with Gasteiger partial charge in [-0.2, -0.15) is 0 Å². The van der Waals surface area contributed by atoms with Gasteiger partial charge in [0.05, 0.1) is 26.9 Å². The summed E-state index contributed by atoms with van der Waals surface area (Å²) in [5.74, 6) is 1.48. The highest BCUT2D eigenvalue weighted by Crippen LogP contribution is 2.27. The van der Waals surface area contributed by atoms with Gasteiger partial charge in [0, 0.05) is 32.7 Å². The van der Waals surface area contributed by atoms with Gasteiger partial charge in [0.15, 0.2) is 11.5 Å². The van der Waals surface area contributed by atoms with Gasteiger partial charge in [-0.1, -0.05) is 36.4 Å². The minimum Gasteiger partial charge on any atom is -0.493 e. The van der Waals surface area contributed by atoms with E-state index in [0.717, 1.165) is 36.6 Å². The van der Waals surface area contributed by atoms with Crippen molar-refractivity contribution in [2.24, 2.45) is 0 Å². The number of rotatable bonds is 9. The number of ether oxygens (including phenoxy) is 3. The summed E-state index contributed by atoms with van der Waals surface area (Å²) in [4.78, 5) is 16.6. The Kier molecular flexibility index (Phi) is 8.55. The van der Waals surface area contributed by atoms with Crippen LogP contribution in [0.4, 0.5) is 4.79 Å². The van der Waals surface area contributed by atoms with Crippen molar-refractivity contribution in [3.05, 3.63) is 59.7 Å². The van der Waals surface area contributed by atoms with Crippen LogP contribution in [-0.4, -0.2) is 76.0 Å². The van der Waals surface area contributed by atoms with Crippen molar-refractivity contribution in [3.8, 4) is 11.5 Å². The molecule has 2 aromatic carbocycles. The van der Waals surface area contributed by atoms with Crippen molar-refractivity contribution >= 4 is 6.03 Å². The molecular formula is C24H33N3O4. The van der Waals surface area contributed by atoms with Crippen molar-refractivity contribution < 1.29 is 19.0 Å². The van der Waals surface area contributed by atoms with Crippen molar-refractivity contribution in [1.82, 2.24) is 15.1 Å². The molecule has 3 rings (SSSR count). The highest BCUT2D eigenvalue weighted by atomic mass is 16.5. The van der Waals surface area contributed by atoms with Crippen LogP contribution in [0.2, 0.25) is 0 Å². The summed E-state index contributed by atoms with van der Waals surface area (Å²) in [6.07, 6.45) is 0.900. The highest BCUT2D eigenvalue weighted by Gasteiger charge is 2.25. The van der Waals surface area contributed by atoms with E-state index in [2.05, 4.69) is 23.3 Å². The normalized spacial score (nSPS) is 16.3. The second-order valence-electron chi connectivity index (χ2n) is 7.78. The number of hydrogen-bond acceptors (Lipinski definition) is 5. The third-order valence-electron chi connectivity index (χ3n) is 5.46. The summed E-state index contributed by atoms with van der Waals surface area (Å²) in [5.41, 5.74) is 2.28. The smallest absolute Gasteiger partial charge is 0.317 e. The van der Waals surface area contributed by atoms with E-state index in [9.17, 15) is 4.79 Å². The minimum atomic E-state index is -0.0369. The van der Waals surface area contributed by atoms with E-state index < -0.39 is 0 Å². The maximum Gasteiger partial charge on any atom is 0.317 e. The summed E-state index contributed by atoms with van der Waals surface area (Å²) < 4.78 is 16.6. The van der Waals surface area contributed by atoms with Crippen LogP contribution in [0, 0.1) is 0 Å². The van der Waals surface area contributed by atoms with Crippen LogP contribution in [0.5, 0.6) is 11.5 Å². The van der Waals surface area contributed by atoms with Gasteiger partial charge < -0.3 is 29.3 Å². The summed E-state index contributed by atoms with van der Waals surface area (Å²) >= 11 is 0. The lowest BCUT2D eigenvalue weighted by Gasteiger charge is -2.34. The molecule has 0 aliphatic carbocycles. The Balaban J connectivity index is 1.43. The lowest BCUT2D eigenvalue weighted by atomic mass is 10.1. The van der Waals surface area contributed by atoms with Gasteiger partial charge in [0.2, 0.25) is 0 Å². The topological polar surface area (TPSA) is 63.3 Å². The van der Waals surface area contributed by atoms with E-state index in [1.165, 1.54) is 5.56 Å². The average Bonchev–Trinajstić information content (AvgIpc) is 2.81. The SMILES string of the molecule is COc1ccc(CCN(C)CC2CN(C(=O)NCc3ccccc3)CCO2)cc1OC. The molecule has 2 amide bonds. The Labute approximate surface area is 184 Å². The Morgan fingerprint density at radius 3 is 2.65 bits per heavy atom. The van der Waals surface area contributed by atoms with Gasteiger partial charge in [-0.15, -0.1) is 0 Å². The zero-order chi connectivity index (χ0) is 22.1. The van der Waals surface area contributed by atoms with E-state index in [1.807, 2.05) is 47.4 Å². The number of methoxy groups -OCH3 is 2. The summed E-state index contributed by atoms with van der Waals surface area (Å²) in [7, 11) is 5.37. The largest absolute Gasteiger partial charge is 0.493 e. The number of morpholine rings is 1. The zero-order valence-corrected chi connectivity index (χ0v) is 18.7. The maximum absolute atomic E-state index is 12.5. The fraction of sp³-hybridized carbons (Fsp3) is 0.458. The van der Waals surface area contributed by atoms with Gasteiger partial charge >= 0.3 is 6.03 Å². The van der Waals surface area contributed by atoms with Gasteiger partial charge in [-0.3, -0.25) is 0 Å². The first kappa shape index (κ1) is 22.9. The Hall–Kier alpha value is -2.77. The Morgan fingerprint density at radius 2 is 1.90 bits per heavy atom. The number of nitrogens with zero attached hydrogens (tertiary/aromatic N) is 2. The standard InChI is InChI=1S/C24H33N3O4/c1-26(12-11-19-9-10-22(29-2)23(15-19)30-3)17-21-18-27(13-14-31-21)24(28)25-16-20-7-5-4-6-8-20/h4-10,15,21H,11-14,16-18H2,1-3H3,(H,25,28). The highest BCUT2D eigenvalue weighted by molar-refractivity contribution is 5.74. The number of carbonyl (C=O) groups excluding carboxylic acids is 1. The number of hydrogen-bond donors (Lipinski definition) is 1. The molecule has 168 valence electrons. The second-order valence-corrected chi connectivity index (χ2v) is 7.78. The van der Waals surface area contributed by atoms with Crippen molar-refractivity contribution in [1.29, 1.82) is 0 Å². The van der Waals surface area contributed by atoms with Gasteiger partial charge in [0.1, 0.15) is 0 Å². The fourth-order valence-electron chi connectivity index (χ4n) is 3.69. The van der Waals surface area contributed by atoms with E-state index in [4.69, 9.17) is 14.2 Å². The first-order chi connectivity index (χ1) is 15.1. The Morgan fingerprint density at radius 1 is 1.13 bits per heavy atom. The second kappa shape index (κ2) is 11.6. The number of nitrogens with one attached hydrogen (secondary N) is 1. The lowest BCUT2D eigenvalue weighted by Crippen LogP contribution is -2.52. The minimum absolute atomic E-state index is 0.00614. The molecule has 1 heterocycles. The molecule has 31 heavy (non-hydrogen) atoms. The molecule has 1 saturated heterocycles. The molecule has 0 bridgehead atoms. The first-order valence-corrected chi connectivity index (χ1v) is 10.7. The van der Waals surface area contributed by atoms with Crippen molar-refractivity contribution in [2.75, 3.05) is 54.1 Å². The van der Waals surface area contributed by atoms with E-state index in [1.54, 1.807) is 14.2 Å². The number of benzene rings is 2. The van der Waals surface area contributed by atoms with Crippen LogP contribution in [0.1, 0.15) is 11.1 Å². The van der Waals surface area contributed by atoms with E-state index >= 15 is 0 Å². The molecule has 7 nitrogen and oxygen atoms in total. The summed E-state index contributed by atoms with van der Waals surface area (Å²) in [6.45, 7) is 3.97. The van der Waals surface area contributed by atoms with Crippen LogP contribution in [0.25, 0.3) is 0 Å². The van der Waals surface area contributed by atoms with Gasteiger partial charge in [-0.25, -0.2) is 4.79 Å². The van der Waals surface area contributed by atoms with Crippen LogP contribution in [0.15, 0.2) is 48.5 Å². The lowest BCUT2D eigenvalue weighted by molar-refractivity contribution is -0.0272.